The number of halogens is 2. The number of fused-ring (bicyclic) bond motifs is 1. The van der Waals surface area contributed by atoms with Gasteiger partial charge >= 0.3 is 0 Å². The number of ketones is 1. The monoisotopic (exact) mass is 419 g/mol. The van der Waals surface area contributed by atoms with Gasteiger partial charge in [-0.2, -0.15) is 0 Å². The summed E-state index contributed by atoms with van der Waals surface area (Å²) in [6.07, 6.45) is 5.43. The predicted molar refractivity (Wildman–Crippen MR) is 118 cm³/mol. The smallest absolute Gasteiger partial charge is 0.198 e. The summed E-state index contributed by atoms with van der Waals surface area (Å²) in [5.74, 6) is -0.810. The van der Waals surface area contributed by atoms with Crippen molar-refractivity contribution in [3.63, 3.8) is 0 Å². The van der Waals surface area contributed by atoms with Gasteiger partial charge in [-0.25, -0.2) is 9.37 Å². The highest BCUT2D eigenvalue weighted by Crippen LogP contribution is 2.30. The number of nitrogens with one attached hydrogen (secondary N) is 1. The van der Waals surface area contributed by atoms with Crippen LogP contribution in [-0.2, 0) is 0 Å². The maximum absolute atomic E-state index is 15.2. The van der Waals surface area contributed by atoms with Crippen LogP contribution in [0.5, 0.6) is 0 Å². The maximum atomic E-state index is 15.2. The molecule has 1 aliphatic rings. The molecule has 3 heterocycles. The lowest BCUT2D eigenvalue weighted by atomic mass is 10.00. The van der Waals surface area contributed by atoms with Crippen molar-refractivity contribution in [2.45, 2.75) is 12.8 Å². The largest absolute Gasteiger partial charge is 0.369 e. The summed E-state index contributed by atoms with van der Waals surface area (Å²) in [5, 5.41) is 1.32. The molecule has 0 radical (unpaired) electrons. The number of anilines is 1. The van der Waals surface area contributed by atoms with Crippen LogP contribution >= 0.6 is 11.6 Å². The van der Waals surface area contributed by atoms with Crippen molar-refractivity contribution in [3.8, 4) is 11.1 Å². The molecule has 1 fully saturated rings. The van der Waals surface area contributed by atoms with Crippen LogP contribution in [0.3, 0.4) is 0 Å². The Morgan fingerprint density at radius 2 is 1.80 bits per heavy atom. The Morgan fingerprint density at radius 3 is 2.57 bits per heavy atom. The van der Waals surface area contributed by atoms with Gasteiger partial charge in [0, 0.05) is 47.0 Å². The third kappa shape index (κ3) is 3.25. The third-order valence-corrected chi connectivity index (χ3v) is 5.87. The average Bonchev–Trinajstić information content (AvgIpc) is 3.44. The summed E-state index contributed by atoms with van der Waals surface area (Å²) in [5.41, 5.74) is 3.38. The maximum Gasteiger partial charge on any atom is 0.198 e. The average molecular weight is 420 g/mol. The second-order valence-corrected chi connectivity index (χ2v) is 7.93. The zero-order valence-corrected chi connectivity index (χ0v) is 16.9. The number of H-pyrrole nitrogens is 1. The van der Waals surface area contributed by atoms with Crippen LogP contribution in [0, 0.1) is 5.82 Å². The Morgan fingerprint density at radius 1 is 1.03 bits per heavy atom. The summed E-state index contributed by atoms with van der Waals surface area (Å²) >= 11 is 5.98. The fourth-order valence-electron chi connectivity index (χ4n) is 4.03. The van der Waals surface area contributed by atoms with Crippen LogP contribution in [0.2, 0.25) is 5.02 Å². The molecule has 0 spiro atoms. The Kier molecular flexibility index (Phi) is 4.75. The first kappa shape index (κ1) is 18.8. The van der Waals surface area contributed by atoms with Gasteiger partial charge in [0.05, 0.1) is 11.3 Å². The molecular weight excluding hydrogens is 401 g/mol. The Balaban J connectivity index is 1.56. The second kappa shape index (κ2) is 7.58. The summed E-state index contributed by atoms with van der Waals surface area (Å²) in [4.78, 5) is 22.7. The molecule has 6 heteroatoms. The van der Waals surface area contributed by atoms with E-state index in [-0.39, 0.29) is 11.3 Å². The van der Waals surface area contributed by atoms with Crippen LogP contribution in [0.15, 0.2) is 60.9 Å². The minimum absolute atomic E-state index is 0.0807. The number of hydrogen-bond acceptors (Lipinski definition) is 3. The first-order valence-electron chi connectivity index (χ1n) is 9.93. The minimum Gasteiger partial charge on any atom is -0.369 e. The molecule has 0 aliphatic carbocycles. The molecule has 1 N–H and O–H groups in total. The minimum atomic E-state index is -0.458. The second-order valence-electron chi connectivity index (χ2n) is 7.49. The van der Waals surface area contributed by atoms with Crippen LogP contribution in [-0.4, -0.2) is 28.8 Å². The lowest BCUT2D eigenvalue weighted by molar-refractivity contribution is 0.103. The van der Waals surface area contributed by atoms with Crippen molar-refractivity contribution in [2.75, 3.05) is 18.0 Å². The van der Waals surface area contributed by atoms with Gasteiger partial charge in [-0.15, -0.1) is 0 Å². The summed E-state index contributed by atoms with van der Waals surface area (Å²) in [6, 6.07) is 14.4. The molecule has 1 aliphatic heterocycles. The first-order valence-corrected chi connectivity index (χ1v) is 10.3. The van der Waals surface area contributed by atoms with E-state index in [2.05, 4.69) is 9.97 Å². The van der Waals surface area contributed by atoms with Gasteiger partial charge in [0.2, 0.25) is 0 Å². The number of carbonyl (C=O) groups is 1. The molecule has 2 aromatic heterocycles. The van der Waals surface area contributed by atoms with Crippen LogP contribution in [0.1, 0.15) is 28.8 Å². The molecule has 2 aromatic carbocycles. The third-order valence-electron chi connectivity index (χ3n) is 5.62. The molecule has 1 saturated heterocycles. The molecule has 4 nitrogen and oxygen atoms in total. The molecule has 0 saturated carbocycles. The van der Waals surface area contributed by atoms with Crippen LogP contribution in [0.25, 0.3) is 22.2 Å². The molecule has 4 aromatic rings. The number of rotatable bonds is 4. The number of benzene rings is 2. The Hall–Kier alpha value is -3.18. The Bertz CT molecular complexity index is 1240. The van der Waals surface area contributed by atoms with E-state index in [1.807, 2.05) is 35.2 Å². The fraction of sp³-hybridized carbons (Fsp3) is 0.167. The lowest BCUT2D eigenvalue weighted by Crippen LogP contribution is -2.20. The summed E-state index contributed by atoms with van der Waals surface area (Å²) < 4.78 is 15.2. The summed E-state index contributed by atoms with van der Waals surface area (Å²) in [6.45, 7) is 1.63. The molecule has 0 unspecified atom stereocenters. The number of hydrogen-bond donors (Lipinski definition) is 1. The van der Waals surface area contributed by atoms with Crippen LogP contribution < -0.4 is 4.90 Å². The zero-order chi connectivity index (χ0) is 20.7. The van der Waals surface area contributed by atoms with Crippen molar-refractivity contribution in [3.05, 3.63) is 82.9 Å². The van der Waals surface area contributed by atoms with Gasteiger partial charge < -0.3 is 9.88 Å². The van der Waals surface area contributed by atoms with Gasteiger partial charge in [0.1, 0.15) is 5.65 Å². The number of nitrogens with zero attached hydrogens (tertiary/aromatic N) is 2. The van der Waals surface area contributed by atoms with E-state index in [1.54, 1.807) is 30.6 Å². The molecule has 30 heavy (non-hydrogen) atoms. The molecule has 150 valence electrons. The highest BCUT2D eigenvalue weighted by Gasteiger charge is 2.23. The van der Waals surface area contributed by atoms with E-state index < -0.39 is 5.82 Å². The van der Waals surface area contributed by atoms with Gasteiger partial charge in [-0.1, -0.05) is 29.8 Å². The molecule has 5 rings (SSSR count). The Labute approximate surface area is 178 Å². The zero-order valence-electron chi connectivity index (χ0n) is 16.2. The number of aromatic nitrogens is 2. The number of aromatic amines is 1. The predicted octanol–water partition coefficient (Wildman–Crippen LogP) is 5.85. The van der Waals surface area contributed by atoms with Gasteiger partial charge in [0.15, 0.2) is 11.6 Å². The van der Waals surface area contributed by atoms with Gasteiger partial charge in [-0.3, -0.25) is 4.79 Å². The standard InChI is InChI=1S/C24H19ClFN3O/c25-17-8-6-15(7-9-17)16-12-19-20(14-28-24(19)27-13-16)23(30)18-4-3-5-21(22(18)26)29-10-1-2-11-29/h3-9,12-14H,1-2,10-11H2,(H,27,28). The molecule has 0 atom stereocenters. The van der Waals surface area contributed by atoms with E-state index in [0.717, 1.165) is 37.1 Å². The van der Waals surface area contributed by atoms with Crippen molar-refractivity contribution in [2.24, 2.45) is 0 Å². The van der Waals surface area contributed by atoms with Crippen molar-refractivity contribution in [1.82, 2.24) is 9.97 Å². The summed E-state index contributed by atoms with van der Waals surface area (Å²) in [7, 11) is 0. The topological polar surface area (TPSA) is 49.0 Å². The molecule has 0 amide bonds. The van der Waals surface area contributed by atoms with E-state index in [0.29, 0.717) is 27.3 Å². The highest BCUT2D eigenvalue weighted by atomic mass is 35.5. The normalized spacial score (nSPS) is 13.9. The van der Waals surface area contributed by atoms with E-state index >= 15 is 4.39 Å². The van der Waals surface area contributed by atoms with E-state index in [1.165, 1.54) is 0 Å². The quantitative estimate of drug-likeness (QED) is 0.422. The lowest BCUT2D eigenvalue weighted by Gasteiger charge is -2.19. The molecule has 0 bridgehead atoms. The van der Waals surface area contributed by atoms with E-state index in [4.69, 9.17) is 11.6 Å². The fourth-order valence-corrected chi connectivity index (χ4v) is 4.16. The van der Waals surface area contributed by atoms with Crippen molar-refractivity contribution >= 4 is 34.1 Å². The van der Waals surface area contributed by atoms with Crippen LogP contribution in [0.4, 0.5) is 10.1 Å². The highest BCUT2D eigenvalue weighted by molar-refractivity contribution is 6.30. The van der Waals surface area contributed by atoms with Gasteiger partial charge in [0.25, 0.3) is 0 Å². The number of pyridine rings is 1. The first-order chi connectivity index (χ1) is 14.6. The number of carbonyl (C=O) groups excluding carboxylic acids is 1. The molecular formula is C24H19ClFN3O. The van der Waals surface area contributed by atoms with Gasteiger partial charge in [-0.05, 0) is 48.7 Å². The van der Waals surface area contributed by atoms with E-state index in [9.17, 15) is 4.79 Å². The van der Waals surface area contributed by atoms with Crippen molar-refractivity contribution in [1.29, 1.82) is 0 Å². The van der Waals surface area contributed by atoms with Crippen molar-refractivity contribution < 1.29 is 9.18 Å². The SMILES string of the molecule is O=C(c1cccc(N2CCCC2)c1F)c1c[nH]c2ncc(-c3ccc(Cl)cc3)cc12.